The van der Waals surface area contributed by atoms with Gasteiger partial charge in [0.1, 0.15) is 5.75 Å². The van der Waals surface area contributed by atoms with E-state index in [1.807, 2.05) is 0 Å². The molecule has 0 fully saturated rings. The largest absolute Gasteiger partial charge is 0.493 e. The lowest BCUT2D eigenvalue weighted by molar-refractivity contribution is -0.385. The number of benzene rings is 2. The molecule has 148 valence electrons. The number of rotatable bonds is 7. The van der Waals surface area contributed by atoms with Gasteiger partial charge in [0.15, 0.2) is 5.11 Å². The Kier molecular flexibility index (Phi) is 7.89. The predicted molar refractivity (Wildman–Crippen MR) is 116 cm³/mol. The van der Waals surface area contributed by atoms with Gasteiger partial charge in [-0.15, -0.1) is 0 Å². The van der Waals surface area contributed by atoms with Crippen LogP contribution >= 0.6 is 28.1 Å². The molecule has 0 aliphatic carbocycles. The van der Waals surface area contributed by atoms with Crippen molar-refractivity contribution in [3.8, 4) is 5.75 Å². The summed E-state index contributed by atoms with van der Waals surface area (Å²) in [5, 5.41) is 16.5. The zero-order valence-electron chi connectivity index (χ0n) is 15.5. The summed E-state index contributed by atoms with van der Waals surface area (Å²) in [4.78, 5) is 23.3. The van der Waals surface area contributed by atoms with E-state index in [1.54, 1.807) is 37.3 Å². The van der Waals surface area contributed by atoms with E-state index in [9.17, 15) is 14.9 Å². The molecule has 28 heavy (non-hydrogen) atoms. The maximum absolute atomic E-state index is 12.7. The van der Waals surface area contributed by atoms with Crippen molar-refractivity contribution >= 4 is 50.5 Å². The number of carbonyl (C=O) groups excluding carboxylic acids is 1. The molecule has 0 heterocycles. The second-order valence-corrected chi connectivity index (χ2v) is 7.28. The average molecular weight is 466 g/mol. The Labute approximate surface area is 176 Å². The van der Waals surface area contributed by atoms with Gasteiger partial charge in [-0.2, -0.15) is 0 Å². The number of halogens is 1. The first-order valence-electron chi connectivity index (χ1n) is 8.62. The Morgan fingerprint density at radius 2 is 2.07 bits per heavy atom. The molecule has 2 aromatic rings. The zero-order valence-corrected chi connectivity index (χ0v) is 17.9. The minimum atomic E-state index is -0.469. The number of ether oxygens (including phenoxy) is 1. The predicted octanol–water partition coefficient (Wildman–Crippen LogP) is 4.97. The SMILES string of the molecule is CCCCOc1ccc(Br)cc1C(=O)NC(=S)Nc1cccc([N+](=O)[O-])c1C. The van der Waals surface area contributed by atoms with E-state index in [0.29, 0.717) is 29.2 Å². The van der Waals surface area contributed by atoms with E-state index in [4.69, 9.17) is 17.0 Å². The minimum Gasteiger partial charge on any atom is -0.493 e. The zero-order chi connectivity index (χ0) is 20.7. The van der Waals surface area contributed by atoms with Crippen LogP contribution in [0.25, 0.3) is 0 Å². The molecule has 0 unspecified atom stereocenters. The summed E-state index contributed by atoms with van der Waals surface area (Å²) in [7, 11) is 0. The van der Waals surface area contributed by atoms with Crippen LogP contribution in [0.5, 0.6) is 5.75 Å². The van der Waals surface area contributed by atoms with Gasteiger partial charge in [-0.1, -0.05) is 35.3 Å². The van der Waals surface area contributed by atoms with Crippen molar-refractivity contribution in [2.24, 2.45) is 0 Å². The third-order valence-corrected chi connectivity index (χ3v) is 4.62. The smallest absolute Gasteiger partial charge is 0.274 e. The van der Waals surface area contributed by atoms with Crippen LogP contribution in [-0.2, 0) is 0 Å². The summed E-state index contributed by atoms with van der Waals surface area (Å²) in [6.07, 6.45) is 1.86. The van der Waals surface area contributed by atoms with Gasteiger partial charge in [0.05, 0.1) is 28.3 Å². The number of anilines is 1. The lowest BCUT2D eigenvalue weighted by Gasteiger charge is -2.14. The molecule has 1 amide bonds. The fourth-order valence-corrected chi connectivity index (χ4v) is 2.98. The second kappa shape index (κ2) is 10.1. The topological polar surface area (TPSA) is 93.5 Å². The minimum absolute atomic E-state index is 0.0299. The molecule has 0 aliphatic heterocycles. The average Bonchev–Trinajstić information content (AvgIpc) is 2.64. The summed E-state index contributed by atoms with van der Waals surface area (Å²) in [6, 6.07) is 9.77. The van der Waals surface area contributed by atoms with Crippen LogP contribution in [0.4, 0.5) is 11.4 Å². The number of nitro benzene ring substituents is 1. The van der Waals surface area contributed by atoms with E-state index in [1.165, 1.54) is 6.07 Å². The van der Waals surface area contributed by atoms with Gasteiger partial charge in [-0.25, -0.2) is 0 Å². The molecule has 0 spiro atoms. The number of thiocarbonyl (C=S) groups is 1. The fourth-order valence-electron chi connectivity index (χ4n) is 2.41. The van der Waals surface area contributed by atoms with Gasteiger partial charge in [0.25, 0.3) is 11.6 Å². The third-order valence-electron chi connectivity index (χ3n) is 3.92. The van der Waals surface area contributed by atoms with Crippen molar-refractivity contribution in [1.29, 1.82) is 0 Å². The van der Waals surface area contributed by atoms with E-state index in [2.05, 4.69) is 33.5 Å². The highest BCUT2D eigenvalue weighted by Crippen LogP contribution is 2.26. The first kappa shape index (κ1) is 21.8. The molecule has 0 radical (unpaired) electrons. The fraction of sp³-hybridized carbons (Fsp3) is 0.263. The van der Waals surface area contributed by atoms with E-state index < -0.39 is 10.8 Å². The molecule has 0 saturated heterocycles. The normalized spacial score (nSPS) is 10.2. The number of unbranched alkanes of at least 4 members (excludes halogenated alkanes) is 1. The first-order chi connectivity index (χ1) is 13.3. The Hall–Kier alpha value is -2.52. The molecule has 7 nitrogen and oxygen atoms in total. The molecule has 2 rings (SSSR count). The van der Waals surface area contributed by atoms with Crippen molar-refractivity contribution in [2.75, 3.05) is 11.9 Å². The molecule has 0 atom stereocenters. The maximum Gasteiger partial charge on any atom is 0.274 e. The highest BCUT2D eigenvalue weighted by Gasteiger charge is 2.17. The van der Waals surface area contributed by atoms with Gasteiger partial charge in [0, 0.05) is 10.5 Å². The second-order valence-electron chi connectivity index (χ2n) is 5.96. The number of hydrogen-bond acceptors (Lipinski definition) is 5. The molecule has 0 saturated carbocycles. The number of amides is 1. The Morgan fingerprint density at radius 1 is 1.32 bits per heavy atom. The van der Waals surface area contributed by atoms with E-state index in [0.717, 1.165) is 17.3 Å². The molecule has 0 aliphatic rings. The summed E-state index contributed by atoms with van der Waals surface area (Å²) in [6.45, 7) is 4.17. The summed E-state index contributed by atoms with van der Waals surface area (Å²) >= 11 is 8.55. The van der Waals surface area contributed by atoms with E-state index >= 15 is 0 Å². The monoisotopic (exact) mass is 465 g/mol. The van der Waals surface area contributed by atoms with Crippen molar-refractivity contribution in [3.05, 3.63) is 62.1 Å². The number of nitrogens with one attached hydrogen (secondary N) is 2. The lowest BCUT2D eigenvalue weighted by atomic mass is 10.1. The first-order valence-corrected chi connectivity index (χ1v) is 9.82. The number of nitrogens with zero attached hydrogens (tertiary/aromatic N) is 1. The summed E-state index contributed by atoms with van der Waals surface area (Å²) in [5.74, 6) is 0.0249. The lowest BCUT2D eigenvalue weighted by Crippen LogP contribution is -2.34. The van der Waals surface area contributed by atoms with E-state index in [-0.39, 0.29) is 10.8 Å². The summed E-state index contributed by atoms with van der Waals surface area (Å²) < 4.78 is 6.42. The Balaban J connectivity index is 2.13. The van der Waals surface area contributed by atoms with Crippen LogP contribution in [0.15, 0.2) is 40.9 Å². The van der Waals surface area contributed by atoms with Crippen LogP contribution in [0.3, 0.4) is 0 Å². The molecular formula is C19H20BrN3O4S. The highest BCUT2D eigenvalue weighted by atomic mass is 79.9. The Morgan fingerprint density at radius 3 is 2.75 bits per heavy atom. The van der Waals surface area contributed by atoms with Gasteiger partial charge in [-0.3, -0.25) is 20.2 Å². The quantitative estimate of drug-likeness (QED) is 0.259. The molecule has 2 aromatic carbocycles. The number of hydrogen-bond donors (Lipinski definition) is 2. The van der Waals surface area contributed by atoms with Crippen LogP contribution in [-0.4, -0.2) is 22.5 Å². The van der Waals surface area contributed by atoms with Crippen LogP contribution < -0.4 is 15.4 Å². The van der Waals surface area contributed by atoms with Crippen molar-refractivity contribution in [3.63, 3.8) is 0 Å². The summed E-state index contributed by atoms with van der Waals surface area (Å²) in [5.41, 5.74) is 1.19. The third kappa shape index (κ3) is 5.74. The van der Waals surface area contributed by atoms with Crippen molar-refractivity contribution < 1.29 is 14.5 Å². The van der Waals surface area contributed by atoms with Crippen molar-refractivity contribution in [1.82, 2.24) is 5.32 Å². The van der Waals surface area contributed by atoms with Gasteiger partial charge < -0.3 is 10.1 Å². The molecule has 9 heteroatoms. The van der Waals surface area contributed by atoms with Gasteiger partial charge in [0.2, 0.25) is 0 Å². The van der Waals surface area contributed by atoms with Crippen LogP contribution in [0.2, 0.25) is 0 Å². The number of carbonyl (C=O) groups is 1. The maximum atomic E-state index is 12.7. The molecule has 2 N–H and O–H groups in total. The number of nitro groups is 1. The van der Waals surface area contributed by atoms with Crippen molar-refractivity contribution in [2.45, 2.75) is 26.7 Å². The van der Waals surface area contributed by atoms with Gasteiger partial charge >= 0.3 is 0 Å². The molecule has 0 bridgehead atoms. The molecular weight excluding hydrogens is 446 g/mol. The highest BCUT2D eigenvalue weighted by molar-refractivity contribution is 9.10. The van der Waals surface area contributed by atoms with Gasteiger partial charge in [-0.05, 0) is 49.8 Å². The standard InChI is InChI=1S/C19H20BrN3O4S/c1-3-4-10-27-17-9-8-13(20)11-14(17)18(24)22-19(28)21-15-6-5-7-16(12(15)2)23(25)26/h5-9,11H,3-4,10H2,1-2H3,(H2,21,22,24,28). The van der Waals surface area contributed by atoms with Crippen LogP contribution in [0, 0.1) is 17.0 Å². The van der Waals surface area contributed by atoms with Crippen LogP contribution in [0.1, 0.15) is 35.7 Å². The molecule has 0 aromatic heterocycles. The Bertz CT molecular complexity index is 905.